The fourth-order valence-corrected chi connectivity index (χ4v) is 5.74. The van der Waals surface area contributed by atoms with E-state index in [0.717, 1.165) is 30.7 Å². The molecule has 27 heavy (non-hydrogen) atoms. The highest BCUT2D eigenvalue weighted by atomic mass is 32.2. The van der Waals surface area contributed by atoms with Gasteiger partial charge in [0, 0.05) is 30.2 Å². The summed E-state index contributed by atoms with van der Waals surface area (Å²) in [4.78, 5) is 16.6. The molecule has 3 heterocycles. The minimum Gasteiger partial charge on any atom is -0.350 e. The number of sulfonamides is 1. The molecule has 10 heteroatoms. The number of hydrogen-bond donors (Lipinski definition) is 1. The fourth-order valence-electron chi connectivity index (χ4n) is 3.27. The number of piperidine rings is 1. The van der Waals surface area contributed by atoms with Gasteiger partial charge >= 0.3 is 0 Å². The van der Waals surface area contributed by atoms with Crippen LogP contribution in [-0.2, 0) is 10.0 Å². The molecule has 0 bridgehead atoms. The van der Waals surface area contributed by atoms with Gasteiger partial charge in [0.2, 0.25) is 15.2 Å². The molecule has 1 atom stereocenters. The van der Waals surface area contributed by atoms with Crippen molar-refractivity contribution in [1.82, 2.24) is 24.4 Å². The third kappa shape index (κ3) is 4.56. The minimum absolute atomic E-state index is 0.0290. The van der Waals surface area contributed by atoms with Crippen LogP contribution < -0.4 is 5.32 Å². The molecule has 1 N–H and O–H groups in total. The zero-order valence-electron chi connectivity index (χ0n) is 15.8. The van der Waals surface area contributed by atoms with E-state index in [0.29, 0.717) is 11.7 Å². The maximum Gasteiger partial charge on any atom is 0.270 e. The number of carbonyl (C=O) groups is 1. The van der Waals surface area contributed by atoms with Crippen LogP contribution >= 0.6 is 11.3 Å². The third-order valence-electron chi connectivity index (χ3n) is 4.66. The summed E-state index contributed by atoms with van der Waals surface area (Å²) in [5.74, 6) is -0.474. The SMILES string of the molecule is Cc1cc(C)n(-c2nc(C(=O)NCCS(=O)(=O)N3CCCCC3C)cs2)n1. The number of aromatic nitrogens is 3. The smallest absolute Gasteiger partial charge is 0.270 e. The molecule has 0 saturated carbocycles. The first-order chi connectivity index (χ1) is 12.8. The van der Waals surface area contributed by atoms with Crippen molar-refractivity contribution in [3.05, 3.63) is 28.5 Å². The largest absolute Gasteiger partial charge is 0.350 e. The number of rotatable bonds is 6. The Labute approximate surface area is 163 Å². The highest BCUT2D eigenvalue weighted by molar-refractivity contribution is 7.89. The summed E-state index contributed by atoms with van der Waals surface area (Å²) in [7, 11) is -3.36. The molecule has 1 unspecified atom stereocenters. The van der Waals surface area contributed by atoms with Gasteiger partial charge in [-0.25, -0.2) is 18.1 Å². The lowest BCUT2D eigenvalue weighted by atomic mass is 10.1. The predicted molar refractivity (Wildman–Crippen MR) is 105 cm³/mol. The van der Waals surface area contributed by atoms with Crippen molar-refractivity contribution < 1.29 is 13.2 Å². The van der Waals surface area contributed by atoms with E-state index >= 15 is 0 Å². The highest BCUT2D eigenvalue weighted by Gasteiger charge is 2.29. The van der Waals surface area contributed by atoms with Crippen LogP contribution in [0.15, 0.2) is 11.4 Å². The molecule has 0 radical (unpaired) electrons. The molecule has 1 fully saturated rings. The van der Waals surface area contributed by atoms with E-state index in [1.54, 1.807) is 14.4 Å². The van der Waals surface area contributed by atoms with Crippen LogP contribution in [0.2, 0.25) is 0 Å². The van der Waals surface area contributed by atoms with Gasteiger partial charge in [-0.15, -0.1) is 11.3 Å². The molecule has 0 aromatic carbocycles. The zero-order valence-corrected chi connectivity index (χ0v) is 17.4. The second-order valence-corrected chi connectivity index (χ2v) is 9.76. The topological polar surface area (TPSA) is 97.2 Å². The van der Waals surface area contributed by atoms with E-state index in [9.17, 15) is 13.2 Å². The average molecular weight is 412 g/mol. The lowest BCUT2D eigenvalue weighted by molar-refractivity contribution is 0.0951. The predicted octanol–water partition coefficient (Wildman–Crippen LogP) is 1.88. The summed E-state index contributed by atoms with van der Waals surface area (Å²) in [6.45, 7) is 6.39. The van der Waals surface area contributed by atoms with Gasteiger partial charge in [-0.1, -0.05) is 6.42 Å². The Hall–Kier alpha value is -1.78. The van der Waals surface area contributed by atoms with Crippen LogP contribution in [0.25, 0.3) is 5.13 Å². The van der Waals surface area contributed by atoms with Gasteiger partial charge in [-0.2, -0.15) is 9.40 Å². The van der Waals surface area contributed by atoms with Gasteiger partial charge < -0.3 is 5.32 Å². The maximum absolute atomic E-state index is 12.5. The number of nitrogens with zero attached hydrogens (tertiary/aromatic N) is 4. The summed E-state index contributed by atoms with van der Waals surface area (Å²) in [6, 6.07) is 1.97. The van der Waals surface area contributed by atoms with Gasteiger partial charge in [0.05, 0.1) is 11.4 Å². The summed E-state index contributed by atoms with van der Waals surface area (Å²) in [6.07, 6.45) is 2.84. The third-order valence-corrected chi connectivity index (χ3v) is 7.45. The van der Waals surface area contributed by atoms with Gasteiger partial charge in [0.15, 0.2) is 0 Å². The Bertz CT molecular complexity index is 919. The number of thiazole rings is 1. The molecular weight excluding hydrogens is 386 g/mol. The molecule has 1 saturated heterocycles. The van der Waals surface area contributed by atoms with Gasteiger partial charge in [0.1, 0.15) is 5.69 Å². The Balaban J connectivity index is 1.58. The second-order valence-electron chi connectivity index (χ2n) is 6.88. The standard InChI is InChI=1S/C17H25N5O3S2/c1-12-10-14(3)22(20-12)17-19-15(11-26-17)16(23)18-7-9-27(24,25)21-8-5-4-6-13(21)2/h10-11,13H,4-9H2,1-3H3,(H,18,23). The molecule has 3 rings (SSSR count). The number of carbonyl (C=O) groups excluding carboxylic acids is 1. The van der Waals surface area contributed by atoms with Crippen molar-refractivity contribution >= 4 is 27.3 Å². The summed E-state index contributed by atoms with van der Waals surface area (Å²) in [5.41, 5.74) is 2.09. The zero-order chi connectivity index (χ0) is 19.6. The molecule has 8 nitrogen and oxygen atoms in total. The number of amides is 1. The Morgan fingerprint density at radius 3 is 2.81 bits per heavy atom. The Morgan fingerprint density at radius 2 is 2.15 bits per heavy atom. The summed E-state index contributed by atoms with van der Waals surface area (Å²) >= 11 is 1.32. The van der Waals surface area contributed by atoms with Crippen LogP contribution in [0.3, 0.4) is 0 Å². The average Bonchev–Trinajstić information content (AvgIpc) is 3.21. The highest BCUT2D eigenvalue weighted by Crippen LogP contribution is 2.20. The molecule has 148 valence electrons. The Morgan fingerprint density at radius 1 is 1.37 bits per heavy atom. The van der Waals surface area contributed by atoms with E-state index < -0.39 is 10.0 Å². The molecule has 0 spiro atoms. The Kier molecular flexibility index (Phi) is 5.97. The molecule has 2 aromatic heterocycles. The first-order valence-electron chi connectivity index (χ1n) is 9.05. The van der Waals surface area contributed by atoms with Crippen molar-refractivity contribution in [3.63, 3.8) is 0 Å². The van der Waals surface area contributed by atoms with E-state index in [4.69, 9.17) is 0 Å². The van der Waals surface area contributed by atoms with Crippen LogP contribution in [-0.4, -0.2) is 58.3 Å². The van der Waals surface area contributed by atoms with Crippen LogP contribution in [0.1, 0.15) is 48.1 Å². The van der Waals surface area contributed by atoms with E-state index in [1.165, 1.54) is 11.3 Å². The molecule has 1 amide bonds. The van der Waals surface area contributed by atoms with Crippen LogP contribution in [0.4, 0.5) is 0 Å². The summed E-state index contributed by atoms with van der Waals surface area (Å²) < 4.78 is 28.2. The first kappa shape index (κ1) is 20.0. The van der Waals surface area contributed by atoms with E-state index in [2.05, 4.69) is 15.4 Å². The summed E-state index contributed by atoms with van der Waals surface area (Å²) in [5, 5.41) is 9.28. The van der Waals surface area contributed by atoms with E-state index in [-0.39, 0.29) is 29.9 Å². The van der Waals surface area contributed by atoms with Crippen molar-refractivity contribution in [2.45, 2.75) is 46.1 Å². The number of nitrogens with one attached hydrogen (secondary N) is 1. The first-order valence-corrected chi connectivity index (χ1v) is 11.5. The quantitative estimate of drug-likeness (QED) is 0.783. The van der Waals surface area contributed by atoms with Crippen molar-refractivity contribution in [2.24, 2.45) is 0 Å². The van der Waals surface area contributed by atoms with Crippen LogP contribution in [0.5, 0.6) is 0 Å². The fraction of sp³-hybridized carbons (Fsp3) is 0.588. The molecule has 1 aliphatic heterocycles. The minimum atomic E-state index is -3.36. The van der Waals surface area contributed by atoms with Gasteiger partial charge in [-0.05, 0) is 39.7 Å². The monoisotopic (exact) mass is 411 g/mol. The van der Waals surface area contributed by atoms with Crippen molar-refractivity contribution in [1.29, 1.82) is 0 Å². The van der Waals surface area contributed by atoms with Gasteiger partial charge in [0.25, 0.3) is 5.91 Å². The van der Waals surface area contributed by atoms with E-state index in [1.807, 2.05) is 26.8 Å². The lowest BCUT2D eigenvalue weighted by Crippen LogP contribution is -2.45. The molecular formula is C17H25N5O3S2. The van der Waals surface area contributed by atoms with Crippen molar-refractivity contribution in [2.75, 3.05) is 18.8 Å². The number of hydrogen-bond acceptors (Lipinski definition) is 6. The second kappa shape index (κ2) is 8.07. The van der Waals surface area contributed by atoms with Crippen molar-refractivity contribution in [3.8, 4) is 5.13 Å². The maximum atomic E-state index is 12.5. The van der Waals surface area contributed by atoms with Crippen LogP contribution in [0, 0.1) is 13.8 Å². The molecule has 2 aromatic rings. The lowest BCUT2D eigenvalue weighted by Gasteiger charge is -2.32. The number of aryl methyl sites for hydroxylation is 2. The normalized spacial score (nSPS) is 18.6. The molecule has 1 aliphatic rings. The van der Waals surface area contributed by atoms with Gasteiger partial charge in [-0.3, -0.25) is 4.79 Å². The molecule has 0 aliphatic carbocycles.